The van der Waals surface area contributed by atoms with Gasteiger partial charge in [-0.25, -0.2) is 4.98 Å². The standard InChI is InChI=1S/C11H16N2OS/c1-8(14)10-7-12-11(15-10)6-9-4-3-5-13(9)2/h7,9H,3-6H2,1-2H3. The Labute approximate surface area is 94.1 Å². The molecule has 1 unspecified atom stereocenters. The van der Waals surface area contributed by atoms with E-state index in [0.717, 1.165) is 16.3 Å². The largest absolute Gasteiger partial charge is 0.303 e. The molecule has 1 fully saturated rings. The van der Waals surface area contributed by atoms with Gasteiger partial charge in [-0.2, -0.15) is 0 Å². The van der Waals surface area contributed by atoms with E-state index in [1.807, 2.05) is 0 Å². The van der Waals surface area contributed by atoms with Crippen LogP contribution in [0.15, 0.2) is 6.20 Å². The summed E-state index contributed by atoms with van der Waals surface area (Å²) in [7, 11) is 2.16. The van der Waals surface area contributed by atoms with E-state index in [9.17, 15) is 4.79 Å². The highest BCUT2D eigenvalue weighted by Gasteiger charge is 2.22. The zero-order valence-corrected chi connectivity index (χ0v) is 10.0. The molecule has 1 atom stereocenters. The Bertz CT molecular complexity index is 361. The maximum atomic E-state index is 11.1. The van der Waals surface area contributed by atoms with Crippen molar-refractivity contribution in [3.05, 3.63) is 16.1 Å². The zero-order chi connectivity index (χ0) is 10.8. The van der Waals surface area contributed by atoms with Crippen molar-refractivity contribution >= 4 is 17.1 Å². The molecule has 0 aliphatic carbocycles. The van der Waals surface area contributed by atoms with Crippen molar-refractivity contribution in [2.24, 2.45) is 0 Å². The number of hydrogen-bond acceptors (Lipinski definition) is 4. The number of carbonyl (C=O) groups is 1. The van der Waals surface area contributed by atoms with Gasteiger partial charge in [0, 0.05) is 25.6 Å². The molecule has 2 heterocycles. The van der Waals surface area contributed by atoms with Crippen LogP contribution in [0.1, 0.15) is 34.4 Å². The van der Waals surface area contributed by atoms with Gasteiger partial charge in [0.15, 0.2) is 5.78 Å². The first kappa shape index (κ1) is 10.8. The van der Waals surface area contributed by atoms with E-state index in [0.29, 0.717) is 6.04 Å². The SMILES string of the molecule is CC(=O)c1cnc(CC2CCCN2C)s1. The molecule has 4 heteroatoms. The lowest BCUT2D eigenvalue weighted by atomic mass is 10.1. The first-order valence-electron chi connectivity index (χ1n) is 5.32. The third-order valence-electron chi connectivity index (χ3n) is 2.98. The summed E-state index contributed by atoms with van der Waals surface area (Å²) < 4.78 is 0. The van der Waals surface area contributed by atoms with E-state index in [1.165, 1.54) is 19.4 Å². The lowest BCUT2D eigenvalue weighted by Crippen LogP contribution is -2.26. The number of Topliss-reactive ketones (excluding diaryl/α,β-unsaturated/α-hetero) is 1. The number of ketones is 1. The average molecular weight is 224 g/mol. The van der Waals surface area contributed by atoms with Crippen LogP contribution in [0.25, 0.3) is 0 Å². The monoisotopic (exact) mass is 224 g/mol. The van der Waals surface area contributed by atoms with Crippen molar-refractivity contribution in [1.82, 2.24) is 9.88 Å². The minimum Gasteiger partial charge on any atom is -0.303 e. The summed E-state index contributed by atoms with van der Waals surface area (Å²) in [5.74, 6) is 0.124. The fraction of sp³-hybridized carbons (Fsp3) is 0.636. The Morgan fingerprint density at radius 3 is 3.07 bits per heavy atom. The number of nitrogens with zero attached hydrogens (tertiary/aromatic N) is 2. The van der Waals surface area contributed by atoms with E-state index in [4.69, 9.17) is 0 Å². The maximum Gasteiger partial charge on any atom is 0.171 e. The van der Waals surface area contributed by atoms with Gasteiger partial charge in [0.05, 0.1) is 9.88 Å². The fourth-order valence-corrected chi connectivity index (χ4v) is 2.89. The average Bonchev–Trinajstić information content (AvgIpc) is 2.77. The molecule has 0 bridgehead atoms. The van der Waals surface area contributed by atoms with Gasteiger partial charge in [0.25, 0.3) is 0 Å². The van der Waals surface area contributed by atoms with Crippen LogP contribution in [0.3, 0.4) is 0 Å². The number of carbonyl (C=O) groups excluding carboxylic acids is 1. The summed E-state index contributed by atoms with van der Waals surface area (Å²) >= 11 is 1.54. The van der Waals surface area contributed by atoms with Gasteiger partial charge in [0.1, 0.15) is 0 Å². The molecule has 0 saturated carbocycles. The number of hydrogen-bond donors (Lipinski definition) is 0. The highest BCUT2D eigenvalue weighted by molar-refractivity contribution is 7.13. The minimum absolute atomic E-state index is 0.124. The molecule has 1 aliphatic rings. The highest BCUT2D eigenvalue weighted by Crippen LogP contribution is 2.22. The molecule has 15 heavy (non-hydrogen) atoms. The second-order valence-electron chi connectivity index (χ2n) is 4.16. The van der Waals surface area contributed by atoms with E-state index in [1.54, 1.807) is 24.5 Å². The molecule has 2 rings (SSSR count). The van der Waals surface area contributed by atoms with Gasteiger partial charge >= 0.3 is 0 Å². The van der Waals surface area contributed by atoms with Crippen LogP contribution in [0.5, 0.6) is 0 Å². The first-order valence-corrected chi connectivity index (χ1v) is 6.14. The predicted octanol–water partition coefficient (Wildman–Crippen LogP) is 1.98. The zero-order valence-electron chi connectivity index (χ0n) is 9.19. The second-order valence-corrected chi connectivity index (χ2v) is 5.27. The van der Waals surface area contributed by atoms with Crippen molar-refractivity contribution in [2.45, 2.75) is 32.2 Å². The van der Waals surface area contributed by atoms with E-state index in [2.05, 4.69) is 16.9 Å². The van der Waals surface area contributed by atoms with Gasteiger partial charge in [-0.05, 0) is 26.4 Å². The molecule has 0 amide bonds. The molecule has 1 saturated heterocycles. The Kier molecular flexibility index (Phi) is 3.17. The maximum absolute atomic E-state index is 11.1. The molecule has 0 radical (unpaired) electrons. The Balaban J connectivity index is 2.01. The summed E-state index contributed by atoms with van der Waals surface area (Å²) in [5.41, 5.74) is 0. The first-order chi connectivity index (χ1) is 7.16. The van der Waals surface area contributed by atoms with Crippen molar-refractivity contribution in [2.75, 3.05) is 13.6 Å². The van der Waals surface area contributed by atoms with Gasteiger partial charge in [-0.1, -0.05) is 0 Å². The Morgan fingerprint density at radius 1 is 1.73 bits per heavy atom. The van der Waals surface area contributed by atoms with Gasteiger partial charge in [-0.3, -0.25) is 4.79 Å². The van der Waals surface area contributed by atoms with Gasteiger partial charge in [0.2, 0.25) is 0 Å². The molecule has 82 valence electrons. The molecule has 0 aromatic carbocycles. The van der Waals surface area contributed by atoms with Crippen molar-refractivity contribution in [3.63, 3.8) is 0 Å². The molecular formula is C11H16N2OS. The molecular weight excluding hydrogens is 208 g/mol. The molecule has 1 aromatic heterocycles. The van der Waals surface area contributed by atoms with E-state index >= 15 is 0 Å². The number of aromatic nitrogens is 1. The Morgan fingerprint density at radius 2 is 2.53 bits per heavy atom. The van der Waals surface area contributed by atoms with Crippen molar-refractivity contribution < 1.29 is 4.79 Å². The second kappa shape index (κ2) is 4.41. The van der Waals surface area contributed by atoms with Crippen LogP contribution < -0.4 is 0 Å². The fourth-order valence-electron chi connectivity index (χ4n) is 2.01. The van der Waals surface area contributed by atoms with Crippen LogP contribution in [0, 0.1) is 0 Å². The number of likely N-dealkylation sites (tertiary alicyclic amines) is 1. The van der Waals surface area contributed by atoms with Crippen LogP contribution in [0.2, 0.25) is 0 Å². The van der Waals surface area contributed by atoms with Crippen molar-refractivity contribution in [1.29, 1.82) is 0 Å². The van der Waals surface area contributed by atoms with Crippen LogP contribution >= 0.6 is 11.3 Å². The Hall–Kier alpha value is -0.740. The lowest BCUT2D eigenvalue weighted by molar-refractivity contribution is 0.102. The normalized spacial score (nSPS) is 22.1. The summed E-state index contributed by atoms with van der Waals surface area (Å²) in [6, 6.07) is 0.621. The molecule has 0 N–H and O–H groups in total. The summed E-state index contributed by atoms with van der Waals surface area (Å²) in [4.78, 5) is 18.6. The molecule has 0 spiro atoms. The lowest BCUT2D eigenvalue weighted by Gasteiger charge is -2.17. The minimum atomic E-state index is 0.124. The van der Waals surface area contributed by atoms with Crippen LogP contribution in [0.4, 0.5) is 0 Å². The smallest absolute Gasteiger partial charge is 0.171 e. The molecule has 1 aliphatic heterocycles. The third kappa shape index (κ3) is 2.44. The van der Waals surface area contributed by atoms with E-state index < -0.39 is 0 Å². The number of thiazole rings is 1. The van der Waals surface area contributed by atoms with Gasteiger partial charge in [-0.15, -0.1) is 11.3 Å². The number of rotatable bonds is 3. The summed E-state index contributed by atoms with van der Waals surface area (Å²) in [6.45, 7) is 2.79. The van der Waals surface area contributed by atoms with E-state index in [-0.39, 0.29) is 5.78 Å². The topological polar surface area (TPSA) is 33.2 Å². The summed E-state index contributed by atoms with van der Waals surface area (Å²) in [6.07, 6.45) is 5.24. The predicted molar refractivity (Wildman–Crippen MR) is 61.5 cm³/mol. The van der Waals surface area contributed by atoms with Crippen molar-refractivity contribution in [3.8, 4) is 0 Å². The van der Waals surface area contributed by atoms with Gasteiger partial charge < -0.3 is 4.90 Å². The highest BCUT2D eigenvalue weighted by atomic mass is 32.1. The third-order valence-corrected chi connectivity index (χ3v) is 4.10. The quantitative estimate of drug-likeness (QED) is 0.736. The molecule has 1 aromatic rings. The van der Waals surface area contributed by atoms with Crippen LogP contribution in [-0.2, 0) is 6.42 Å². The molecule has 3 nitrogen and oxygen atoms in total. The summed E-state index contributed by atoms with van der Waals surface area (Å²) in [5, 5.41) is 1.10. The number of likely N-dealkylation sites (N-methyl/N-ethyl adjacent to an activating group) is 1. The van der Waals surface area contributed by atoms with Crippen LogP contribution in [-0.4, -0.2) is 35.3 Å².